The van der Waals surface area contributed by atoms with Crippen LogP contribution >= 0.6 is 0 Å². The van der Waals surface area contributed by atoms with Crippen LogP contribution in [0.1, 0.15) is 88.4 Å². The van der Waals surface area contributed by atoms with Crippen molar-refractivity contribution in [2.75, 3.05) is 19.4 Å². The summed E-state index contributed by atoms with van der Waals surface area (Å²) in [5.41, 5.74) is 1.90. The summed E-state index contributed by atoms with van der Waals surface area (Å²) in [5.74, 6) is 0.317. The molecule has 0 bridgehead atoms. The number of aryl methyl sites for hydroxylation is 1. The average molecular weight is 458 g/mol. The Labute approximate surface area is 187 Å². The molecule has 0 spiro atoms. The van der Waals surface area contributed by atoms with E-state index in [0.29, 0.717) is 12.2 Å². The Morgan fingerprint density at radius 1 is 1.03 bits per heavy atom. The molecule has 7 nitrogen and oxygen atoms in total. The van der Waals surface area contributed by atoms with Crippen LogP contribution in [0.3, 0.4) is 0 Å². The Morgan fingerprint density at radius 3 is 2.29 bits per heavy atom. The Bertz CT molecular complexity index is 750. The molecule has 0 saturated carbocycles. The number of nitrogens with one attached hydrogen (secondary N) is 1. The summed E-state index contributed by atoms with van der Waals surface area (Å²) < 4.78 is 41.3. The molecule has 178 valence electrons. The lowest BCUT2D eigenvalue weighted by Crippen LogP contribution is -2.28. The number of ether oxygens (including phenoxy) is 2. The molecule has 31 heavy (non-hydrogen) atoms. The summed E-state index contributed by atoms with van der Waals surface area (Å²) in [6.07, 6.45) is 9.38. The highest BCUT2D eigenvalue weighted by atomic mass is 32.2. The van der Waals surface area contributed by atoms with E-state index in [1.807, 2.05) is 25.1 Å². The number of unbranched alkanes of at least 4 members (excludes halogenated alkanes) is 7. The third-order valence-corrected chi connectivity index (χ3v) is 5.90. The average Bonchev–Trinajstić information content (AvgIpc) is 2.71. The van der Waals surface area contributed by atoms with Crippen LogP contribution in [0.25, 0.3) is 0 Å². The minimum Gasteiger partial charge on any atom is -0.497 e. The molecule has 1 rings (SSSR count). The highest BCUT2D eigenvalue weighted by Gasteiger charge is 2.18. The molecule has 0 aliphatic heterocycles. The number of methoxy groups -OCH3 is 1. The number of amides is 1. The van der Waals surface area contributed by atoms with E-state index in [9.17, 15) is 13.2 Å². The maximum absolute atomic E-state index is 12.2. The zero-order chi connectivity index (χ0) is 23.1. The molecule has 0 aromatic heterocycles. The first-order valence-electron chi connectivity index (χ1n) is 11.3. The number of hydrogen-bond donors (Lipinski definition) is 2. The topological polar surface area (TPSA) is 102 Å². The first-order valence-corrected chi connectivity index (χ1v) is 12.9. The van der Waals surface area contributed by atoms with Crippen molar-refractivity contribution >= 4 is 16.2 Å². The standard InChI is InChI=1S/C23H39NO6S/c1-4-5-6-7-8-9-10-11-13-22(20-16-19(2)17-21(18-20)29-3)30-23(25)24-14-12-15-31(26,27)28/h16-18,22H,4-15H2,1-3H3,(H,24,25)(H,26,27,28). The summed E-state index contributed by atoms with van der Waals surface area (Å²) in [7, 11) is -2.43. The van der Waals surface area contributed by atoms with Crippen molar-refractivity contribution in [3.8, 4) is 5.75 Å². The number of carbonyl (C=O) groups excluding carboxylic acids is 1. The van der Waals surface area contributed by atoms with Gasteiger partial charge in [0.1, 0.15) is 11.9 Å². The van der Waals surface area contributed by atoms with E-state index in [0.717, 1.165) is 24.0 Å². The van der Waals surface area contributed by atoms with Gasteiger partial charge in [-0.2, -0.15) is 8.42 Å². The van der Waals surface area contributed by atoms with E-state index in [1.54, 1.807) is 7.11 Å². The molecular weight excluding hydrogens is 418 g/mol. The Balaban J connectivity index is 2.60. The molecule has 8 heteroatoms. The number of carbonyl (C=O) groups is 1. The first kappa shape index (κ1) is 27.2. The predicted octanol–water partition coefficient (Wildman–Crippen LogP) is 5.58. The van der Waals surface area contributed by atoms with Gasteiger partial charge < -0.3 is 14.8 Å². The lowest BCUT2D eigenvalue weighted by molar-refractivity contribution is 0.0906. The number of hydrogen-bond acceptors (Lipinski definition) is 5. The Morgan fingerprint density at radius 2 is 1.68 bits per heavy atom. The van der Waals surface area contributed by atoms with Crippen LogP contribution in [-0.2, 0) is 14.9 Å². The summed E-state index contributed by atoms with van der Waals surface area (Å²) in [6.45, 7) is 4.29. The normalized spacial score (nSPS) is 12.4. The van der Waals surface area contributed by atoms with Gasteiger partial charge in [-0.15, -0.1) is 0 Å². The quantitative estimate of drug-likeness (QED) is 0.248. The number of alkyl carbamates (subject to hydrolysis) is 1. The van der Waals surface area contributed by atoms with Crippen LogP contribution in [0.5, 0.6) is 5.75 Å². The maximum atomic E-state index is 12.2. The molecule has 1 unspecified atom stereocenters. The van der Waals surface area contributed by atoms with Crippen molar-refractivity contribution in [3.05, 3.63) is 29.3 Å². The van der Waals surface area contributed by atoms with Crippen molar-refractivity contribution in [1.29, 1.82) is 0 Å². The minimum absolute atomic E-state index is 0.111. The SMILES string of the molecule is CCCCCCCCCCC(OC(=O)NCCCS(=O)(=O)O)c1cc(C)cc(OC)c1. The van der Waals surface area contributed by atoms with Gasteiger partial charge >= 0.3 is 6.09 Å². The lowest BCUT2D eigenvalue weighted by atomic mass is 9.99. The third kappa shape index (κ3) is 13.3. The van der Waals surface area contributed by atoms with Crippen molar-refractivity contribution in [1.82, 2.24) is 5.32 Å². The van der Waals surface area contributed by atoms with Crippen molar-refractivity contribution in [3.63, 3.8) is 0 Å². The fraction of sp³-hybridized carbons (Fsp3) is 0.696. The van der Waals surface area contributed by atoms with Crippen LogP contribution in [-0.4, -0.2) is 38.5 Å². The first-order chi connectivity index (χ1) is 14.7. The van der Waals surface area contributed by atoms with E-state index in [1.165, 1.54) is 38.5 Å². The second-order valence-corrected chi connectivity index (χ2v) is 9.58. The van der Waals surface area contributed by atoms with Crippen molar-refractivity contribution < 1.29 is 27.2 Å². The zero-order valence-corrected chi connectivity index (χ0v) is 20.0. The summed E-state index contributed by atoms with van der Waals surface area (Å²) in [5, 5.41) is 2.56. The Kier molecular flexibility index (Phi) is 13.2. The molecule has 0 aliphatic rings. The van der Waals surface area contributed by atoms with E-state index < -0.39 is 28.1 Å². The molecule has 2 N–H and O–H groups in total. The van der Waals surface area contributed by atoms with Gasteiger partial charge in [-0.1, -0.05) is 57.9 Å². The highest BCUT2D eigenvalue weighted by molar-refractivity contribution is 7.85. The monoisotopic (exact) mass is 457 g/mol. The summed E-state index contributed by atoms with van der Waals surface area (Å²) >= 11 is 0. The maximum Gasteiger partial charge on any atom is 0.407 e. The molecule has 0 heterocycles. The van der Waals surface area contributed by atoms with Crippen LogP contribution < -0.4 is 10.1 Å². The molecule has 1 amide bonds. The zero-order valence-electron chi connectivity index (χ0n) is 19.2. The van der Waals surface area contributed by atoms with Gasteiger partial charge in [0.25, 0.3) is 10.1 Å². The van der Waals surface area contributed by atoms with Crippen molar-refractivity contribution in [2.45, 2.75) is 84.2 Å². The van der Waals surface area contributed by atoms with Gasteiger partial charge in [-0.25, -0.2) is 4.79 Å². The van der Waals surface area contributed by atoms with E-state index in [4.69, 9.17) is 14.0 Å². The van der Waals surface area contributed by atoms with Gasteiger partial charge in [0, 0.05) is 6.54 Å². The van der Waals surface area contributed by atoms with Gasteiger partial charge in [-0.05, 0) is 49.4 Å². The number of rotatable bonds is 16. The summed E-state index contributed by atoms with van der Waals surface area (Å²) in [6, 6.07) is 5.80. The fourth-order valence-corrected chi connectivity index (χ4v) is 3.96. The van der Waals surface area contributed by atoms with Crippen LogP contribution in [0.15, 0.2) is 18.2 Å². The molecule has 0 radical (unpaired) electrons. The van der Waals surface area contributed by atoms with Gasteiger partial charge in [0.15, 0.2) is 0 Å². The number of benzene rings is 1. The fourth-order valence-electron chi connectivity index (χ4n) is 3.45. The molecule has 1 atom stereocenters. The molecular formula is C23H39NO6S. The lowest BCUT2D eigenvalue weighted by Gasteiger charge is -2.20. The van der Waals surface area contributed by atoms with Crippen LogP contribution in [0, 0.1) is 6.92 Å². The minimum atomic E-state index is -4.03. The predicted molar refractivity (Wildman–Crippen MR) is 123 cm³/mol. The van der Waals surface area contributed by atoms with E-state index in [-0.39, 0.29) is 13.0 Å². The van der Waals surface area contributed by atoms with E-state index >= 15 is 0 Å². The van der Waals surface area contributed by atoms with Gasteiger partial charge in [-0.3, -0.25) is 4.55 Å². The second kappa shape index (κ2) is 15.1. The molecule has 0 saturated heterocycles. The molecule has 1 aromatic rings. The largest absolute Gasteiger partial charge is 0.497 e. The smallest absolute Gasteiger partial charge is 0.407 e. The molecule has 1 aromatic carbocycles. The van der Waals surface area contributed by atoms with Gasteiger partial charge in [0.2, 0.25) is 0 Å². The third-order valence-electron chi connectivity index (χ3n) is 5.10. The van der Waals surface area contributed by atoms with Crippen molar-refractivity contribution in [2.24, 2.45) is 0 Å². The van der Waals surface area contributed by atoms with Crippen LogP contribution in [0.4, 0.5) is 4.79 Å². The highest BCUT2D eigenvalue weighted by Crippen LogP contribution is 2.29. The van der Waals surface area contributed by atoms with Gasteiger partial charge in [0.05, 0.1) is 12.9 Å². The molecule has 0 fully saturated rings. The summed E-state index contributed by atoms with van der Waals surface area (Å²) in [4.78, 5) is 12.2. The van der Waals surface area contributed by atoms with E-state index in [2.05, 4.69) is 12.2 Å². The molecule has 0 aliphatic carbocycles. The Hall–Kier alpha value is -1.80. The van der Waals surface area contributed by atoms with Crippen LogP contribution in [0.2, 0.25) is 0 Å². The second-order valence-electron chi connectivity index (χ2n) is 8.01.